The highest BCUT2D eigenvalue weighted by Gasteiger charge is 2.07. The first-order chi connectivity index (χ1) is 12.0. The maximum absolute atomic E-state index is 12.3. The van der Waals surface area contributed by atoms with Crippen LogP contribution in [0.2, 0.25) is 0 Å². The summed E-state index contributed by atoms with van der Waals surface area (Å²) in [5.74, 6) is -0.348. The lowest BCUT2D eigenvalue weighted by atomic mass is 10.1. The zero-order valence-corrected chi connectivity index (χ0v) is 14.7. The SMILES string of the molecule is CC(=O)Nc1ccc(C(=O)Nc2ccc(-c3csc(C)n3)cc2)cc1. The summed E-state index contributed by atoms with van der Waals surface area (Å²) < 4.78 is 0. The Kier molecular flexibility index (Phi) is 4.90. The molecule has 0 aliphatic carbocycles. The number of aryl methyl sites for hydroxylation is 1. The molecule has 0 aliphatic rings. The standard InChI is InChI=1S/C19H17N3O2S/c1-12(23)20-16-9-5-15(6-10-16)19(24)22-17-7-3-14(4-8-17)18-11-25-13(2)21-18/h3-11H,1-2H3,(H,20,23)(H,22,24). The number of rotatable bonds is 4. The third-order valence-corrected chi connectivity index (χ3v) is 4.30. The van der Waals surface area contributed by atoms with Crippen molar-refractivity contribution in [3.05, 3.63) is 64.5 Å². The first kappa shape index (κ1) is 16.9. The van der Waals surface area contributed by atoms with Crippen molar-refractivity contribution in [1.82, 2.24) is 4.98 Å². The Morgan fingerprint density at radius 2 is 1.52 bits per heavy atom. The Hall–Kier alpha value is -2.99. The molecular weight excluding hydrogens is 334 g/mol. The molecule has 0 fully saturated rings. The van der Waals surface area contributed by atoms with E-state index >= 15 is 0 Å². The van der Waals surface area contributed by atoms with E-state index in [-0.39, 0.29) is 11.8 Å². The maximum atomic E-state index is 12.3. The number of anilines is 2. The number of benzene rings is 2. The molecule has 126 valence electrons. The van der Waals surface area contributed by atoms with Gasteiger partial charge in [-0.3, -0.25) is 9.59 Å². The van der Waals surface area contributed by atoms with Gasteiger partial charge in [0.25, 0.3) is 5.91 Å². The molecule has 0 radical (unpaired) electrons. The van der Waals surface area contributed by atoms with Gasteiger partial charge in [-0.2, -0.15) is 0 Å². The number of thiazole rings is 1. The molecule has 0 spiro atoms. The summed E-state index contributed by atoms with van der Waals surface area (Å²) in [6.45, 7) is 3.41. The van der Waals surface area contributed by atoms with E-state index in [0.29, 0.717) is 16.9 Å². The highest BCUT2D eigenvalue weighted by Crippen LogP contribution is 2.23. The molecule has 25 heavy (non-hydrogen) atoms. The largest absolute Gasteiger partial charge is 0.326 e. The number of amides is 2. The molecule has 0 saturated heterocycles. The monoisotopic (exact) mass is 351 g/mol. The molecule has 5 nitrogen and oxygen atoms in total. The van der Waals surface area contributed by atoms with Gasteiger partial charge in [0, 0.05) is 34.8 Å². The number of hydrogen-bond donors (Lipinski definition) is 2. The van der Waals surface area contributed by atoms with Crippen LogP contribution in [0.4, 0.5) is 11.4 Å². The van der Waals surface area contributed by atoms with Crippen LogP contribution in [0.5, 0.6) is 0 Å². The molecule has 1 heterocycles. The summed E-state index contributed by atoms with van der Waals surface area (Å²) in [4.78, 5) is 27.8. The van der Waals surface area contributed by atoms with Crippen molar-refractivity contribution in [2.45, 2.75) is 13.8 Å². The Labute approximate surface area is 149 Å². The molecule has 0 saturated carbocycles. The second-order valence-corrected chi connectivity index (χ2v) is 6.60. The fourth-order valence-electron chi connectivity index (χ4n) is 2.33. The van der Waals surface area contributed by atoms with Crippen LogP contribution in [0.1, 0.15) is 22.3 Å². The Morgan fingerprint density at radius 1 is 0.920 bits per heavy atom. The first-order valence-corrected chi connectivity index (χ1v) is 8.61. The van der Waals surface area contributed by atoms with Gasteiger partial charge in [0.15, 0.2) is 0 Å². The molecule has 1 aromatic heterocycles. The van der Waals surface area contributed by atoms with Crippen LogP contribution < -0.4 is 10.6 Å². The molecule has 2 N–H and O–H groups in total. The smallest absolute Gasteiger partial charge is 0.255 e. The van der Waals surface area contributed by atoms with Crippen LogP contribution in [0, 0.1) is 6.92 Å². The molecular formula is C19H17N3O2S. The molecule has 2 amide bonds. The summed E-state index contributed by atoms with van der Waals surface area (Å²) >= 11 is 1.61. The number of nitrogens with one attached hydrogen (secondary N) is 2. The van der Waals surface area contributed by atoms with Gasteiger partial charge in [0.05, 0.1) is 10.7 Å². The molecule has 0 aliphatic heterocycles. The highest BCUT2D eigenvalue weighted by atomic mass is 32.1. The first-order valence-electron chi connectivity index (χ1n) is 7.73. The van der Waals surface area contributed by atoms with Crippen LogP contribution in [-0.4, -0.2) is 16.8 Å². The van der Waals surface area contributed by atoms with Gasteiger partial charge >= 0.3 is 0 Å². The van der Waals surface area contributed by atoms with Gasteiger partial charge in [-0.05, 0) is 43.3 Å². The lowest BCUT2D eigenvalue weighted by Crippen LogP contribution is -2.12. The van der Waals surface area contributed by atoms with Gasteiger partial charge in [0.1, 0.15) is 0 Å². The predicted octanol–water partition coefficient (Wildman–Crippen LogP) is 4.33. The van der Waals surface area contributed by atoms with Gasteiger partial charge in [-0.25, -0.2) is 4.98 Å². The van der Waals surface area contributed by atoms with Crippen molar-refractivity contribution in [2.24, 2.45) is 0 Å². The summed E-state index contributed by atoms with van der Waals surface area (Å²) in [5.41, 5.74) is 3.85. The van der Waals surface area contributed by atoms with Crippen molar-refractivity contribution in [2.75, 3.05) is 10.6 Å². The van der Waals surface area contributed by atoms with Crippen molar-refractivity contribution in [3.63, 3.8) is 0 Å². The lowest BCUT2D eigenvalue weighted by Gasteiger charge is -2.07. The fourth-order valence-corrected chi connectivity index (χ4v) is 2.95. The number of carbonyl (C=O) groups is 2. The van der Waals surface area contributed by atoms with Crippen LogP contribution >= 0.6 is 11.3 Å². The average Bonchev–Trinajstić information content (AvgIpc) is 3.02. The number of carbonyl (C=O) groups excluding carboxylic acids is 2. The van der Waals surface area contributed by atoms with E-state index in [9.17, 15) is 9.59 Å². The van der Waals surface area contributed by atoms with E-state index < -0.39 is 0 Å². The van der Waals surface area contributed by atoms with Crippen LogP contribution in [-0.2, 0) is 4.79 Å². The minimum Gasteiger partial charge on any atom is -0.326 e. The van der Waals surface area contributed by atoms with E-state index in [1.165, 1.54) is 6.92 Å². The minimum atomic E-state index is -0.202. The fraction of sp³-hybridized carbons (Fsp3) is 0.105. The molecule has 0 atom stereocenters. The molecule has 3 rings (SSSR count). The third-order valence-electron chi connectivity index (χ3n) is 3.53. The summed E-state index contributed by atoms with van der Waals surface area (Å²) in [6, 6.07) is 14.3. The summed E-state index contributed by atoms with van der Waals surface area (Å²) in [7, 11) is 0. The zero-order valence-electron chi connectivity index (χ0n) is 13.9. The van der Waals surface area contributed by atoms with Crippen molar-refractivity contribution < 1.29 is 9.59 Å². The van der Waals surface area contributed by atoms with E-state index in [4.69, 9.17) is 0 Å². The normalized spacial score (nSPS) is 10.3. The van der Waals surface area contributed by atoms with Gasteiger partial charge in [-0.1, -0.05) is 12.1 Å². The molecule has 0 unspecified atom stereocenters. The lowest BCUT2D eigenvalue weighted by molar-refractivity contribution is -0.114. The average molecular weight is 351 g/mol. The van der Waals surface area contributed by atoms with Crippen molar-refractivity contribution in [3.8, 4) is 11.3 Å². The van der Waals surface area contributed by atoms with Crippen LogP contribution in [0.3, 0.4) is 0 Å². The van der Waals surface area contributed by atoms with Crippen LogP contribution in [0.15, 0.2) is 53.9 Å². The topological polar surface area (TPSA) is 71.1 Å². The van der Waals surface area contributed by atoms with Crippen molar-refractivity contribution in [1.29, 1.82) is 0 Å². The van der Waals surface area contributed by atoms with Crippen LogP contribution in [0.25, 0.3) is 11.3 Å². The quantitative estimate of drug-likeness (QED) is 0.735. The second-order valence-electron chi connectivity index (χ2n) is 5.54. The Balaban J connectivity index is 1.67. The van der Waals surface area contributed by atoms with E-state index in [1.54, 1.807) is 35.6 Å². The van der Waals surface area contributed by atoms with E-state index in [1.807, 2.05) is 36.6 Å². The highest BCUT2D eigenvalue weighted by molar-refractivity contribution is 7.09. The predicted molar refractivity (Wildman–Crippen MR) is 101 cm³/mol. The maximum Gasteiger partial charge on any atom is 0.255 e. The third kappa shape index (κ3) is 4.30. The molecule has 6 heteroatoms. The van der Waals surface area contributed by atoms with E-state index in [2.05, 4.69) is 15.6 Å². The Morgan fingerprint density at radius 3 is 2.08 bits per heavy atom. The summed E-state index contributed by atoms with van der Waals surface area (Å²) in [6.07, 6.45) is 0. The zero-order chi connectivity index (χ0) is 17.8. The second kappa shape index (κ2) is 7.27. The minimum absolute atomic E-state index is 0.146. The molecule has 3 aromatic rings. The number of aromatic nitrogens is 1. The Bertz CT molecular complexity index is 899. The van der Waals surface area contributed by atoms with Crippen molar-refractivity contribution >= 4 is 34.5 Å². The van der Waals surface area contributed by atoms with E-state index in [0.717, 1.165) is 16.3 Å². The number of hydrogen-bond acceptors (Lipinski definition) is 4. The molecule has 2 aromatic carbocycles. The van der Waals surface area contributed by atoms with Gasteiger partial charge in [-0.15, -0.1) is 11.3 Å². The van der Waals surface area contributed by atoms with Gasteiger partial charge in [0.2, 0.25) is 5.91 Å². The van der Waals surface area contributed by atoms with Gasteiger partial charge < -0.3 is 10.6 Å². The summed E-state index contributed by atoms with van der Waals surface area (Å²) in [5, 5.41) is 8.56. The number of nitrogens with zero attached hydrogens (tertiary/aromatic N) is 1. The molecule has 0 bridgehead atoms.